The second-order valence-electron chi connectivity index (χ2n) is 4.54. The van der Waals surface area contributed by atoms with Crippen molar-refractivity contribution in [2.45, 2.75) is 20.8 Å². The predicted octanol–water partition coefficient (Wildman–Crippen LogP) is 4.00. The van der Waals surface area contributed by atoms with E-state index in [0.29, 0.717) is 24.6 Å². The van der Waals surface area contributed by atoms with Gasteiger partial charge in [-0.2, -0.15) is 0 Å². The third kappa shape index (κ3) is 3.84. The molecule has 1 aliphatic heterocycles. The number of amides is 1. The lowest BCUT2D eigenvalue weighted by Gasteiger charge is -2.11. The van der Waals surface area contributed by atoms with E-state index in [9.17, 15) is 4.79 Å². The Labute approximate surface area is 149 Å². The highest BCUT2D eigenvalue weighted by atomic mass is 127. The van der Waals surface area contributed by atoms with E-state index in [2.05, 4.69) is 27.6 Å². The molecule has 1 heterocycles. The van der Waals surface area contributed by atoms with Crippen LogP contribution in [-0.4, -0.2) is 35.7 Å². The number of hydrogen-bond acceptors (Lipinski definition) is 4. The van der Waals surface area contributed by atoms with Crippen LogP contribution in [0.3, 0.4) is 0 Å². The Morgan fingerprint density at radius 1 is 1.36 bits per heavy atom. The summed E-state index contributed by atoms with van der Waals surface area (Å²) in [6.07, 6.45) is 1.92. The molecule has 1 aromatic rings. The van der Waals surface area contributed by atoms with Crippen LogP contribution in [0.15, 0.2) is 28.1 Å². The molecule has 1 aromatic carbocycles. The maximum Gasteiger partial charge on any atom is 0.266 e. The van der Waals surface area contributed by atoms with Crippen molar-refractivity contribution in [2.24, 2.45) is 4.99 Å². The highest BCUT2D eigenvalue weighted by Crippen LogP contribution is 2.33. The largest absolute Gasteiger partial charge is 0.493 e. The van der Waals surface area contributed by atoms with Gasteiger partial charge in [-0.05, 0) is 78.9 Å². The second-order valence-corrected chi connectivity index (χ2v) is 6.71. The molecule has 0 spiro atoms. The van der Waals surface area contributed by atoms with Gasteiger partial charge in [0.2, 0.25) is 0 Å². The standard InChI is InChI=1S/C16H19IN2O2S/c1-4-18-16-19(5-2)15(20)14(22-16)10-11-7-8-13(21-6-3)12(17)9-11/h7-10H,4-6H2,1-3H3/b14-10+,18-16?. The molecule has 0 N–H and O–H groups in total. The molecule has 0 aromatic heterocycles. The Morgan fingerprint density at radius 3 is 2.73 bits per heavy atom. The van der Waals surface area contributed by atoms with E-state index in [4.69, 9.17) is 4.74 Å². The van der Waals surface area contributed by atoms with Gasteiger partial charge in [-0.15, -0.1) is 0 Å². The Morgan fingerprint density at radius 2 is 2.14 bits per heavy atom. The first-order valence-electron chi connectivity index (χ1n) is 7.28. The number of likely N-dealkylation sites (N-methyl/N-ethyl adjacent to an activating group) is 1. The number of carbonyl (C=O) groups excluding carboxylic acids is 1. The highest BCUT2D eigenvalue weighted by molar-refractivity contribution is 14.1. The Balaban J connectivity index is 2.28. The number of thioether (sulfide) groups is 1. The fourth-order valence-electron chi connectivity index (χ4n) is 2.07. The Bertz CT molecular complexity index is 629. The van der Waals surface area contributed by atoms with Crippen LogP contribution in [0.25, 0.3) is 6.08 Å². The van der Waals surface area contributed by atoms with Gasteiger partial charge in [-0.25, -0.2) is 0 Å². The third-order valence-corrected chi connectivity index (χ3v) is 4.94. The Hall–Kier alpha value is -1.02. The summed E-state index contributed by atoms with van der Waals surface area (Å²) < 4.78 is 6.58. The number of rotatable bonds is 5. The average molecular weight is 430 g/mol. The van der Waals surface area contributed by atoms with Crippen LogP contribution < -0.4 is 4.74 Å². The summed E-state index contributed by atoms with van der Waals surface area (Å²) >= 11 is 3.69. The molecule has 1 aliphatic rings. The minimum atomic E-state index is 0.0311. The summed E-state index contributed by atoms with van der Waals surface area (Å²) in [5.41, 5.74) is 0.998. The van der Waals surface area contributed by atoms with Crippen molar-refractivity contribution in [1.82, 2.24) is 4.90 Å². The molecule has 2 rings (SSSR count). The zero-order valence-corrected chi connectivity index (χ0v) is 15.9. The van der Waals surface area contributed by atoms with Gasteiger partial charge in [0.15, 0.2) is 5.17 Å². The molecular weight excluding hydrogens is 411 g/mol. The number of ether oxygens (including phenoxy) is 1. The van der Waals surface area contributed by atoms with Gasteiger partial charge < -0.3 is 4.74 Å². The zero-order chi connectivity index (χ0) is 16.1. The lowest BCUT2D eigenvalue weighted by atomic mass is 10.2. The number of nitrogens with zero attached hydrogens (tertiary/aromatic N) is 2. The van der Waals surface area contributed by atoms with Crippen LogP contribution >= 0.6 is 34.4 Å². The topological polar surface area (TPSA) is 41.9 Å². The number of benzene rings is 1. The monoisotopic (exact) mass is 430 g/mol. The third-order valence-electron chi connectivity index (χ3n) is 3.05. The molecule has 1 fully saturated rings. The molecule has 0 saturated carbocycles. The molecule has 118 valence electrons. The van der Waals surface area contributed by atoms with Gasteiger partial charge in [0.05, 0.1) is 15.1 Å². The summed E-state index contributed by atoms with van der Waals surface area (Å²) in [4.78, 5) is 19.2. The van der Waals surface area contributed by atoms with Gasteiger partial charge in [0, 0.05) is 13.1 Å². The number of carbonyl (C=O) groups is 1. The van der Waals surface area contributed by atoms with Crippen molar-refractivity contribution in [3.63, 3.8) is 0 Å². The van der Waals surface area contributed by atoms with E-state index in [1.54, 1.807) is 4.90 Å². The molecule has 1 amide bonds. The first-order valence-corrected chi connectivity index (χ1v) is 9.18. The fraction of sp³-hybridized carbons (Fsp3) is 0.375. The minimum absolute atomic E-state index is 0.0311. The molecule has 0 bridgehead atoms. The lowest BCUT2D eigenvalue weighted by Crippen LogP contribution is -2.28. The molecule has 22 heavy (non-hydrogen) atoms. The number of aliphatic imine (C=N–C) groups is 1. The number of amidine groups is 1. The molecule has 4 nitrogen and oxygen atoms in total. The summed E-state index contributed by atoms with van der Waals surface area (Å²) in [6, 6.07) is 5.94. The van der Waals surface area contributed by atoms with Gasteiger partial charge in [0.1, 0.15) is 5.75 Å². The van der Waals surface area contributed by atoms with Gasteiger partial charge in [-0.3, -0.25) is 14.7 Å². The second kappa shape index (κ2) is 8.01. The molecule has 0 aliphatic carbocycles. The number of halogens is 1. The molecule has 6 heteroatoms. The average Bonchev–Trinajstić information content (AvgIpc) is 2.78. The zero-order valence-electron chi connectivity index (χ0n) is 12.9. The van der Waals surface area contributed by atoms with Crippen LogP contribution in [-0.2, 0) is 4.79 Å². The molecule has 1 saturated heterocycles. The summed E-state index contributed by atoms with van der Waals surface area (Å²) in [5.74, 6) is 0.905. The molecule has 0 atom stereocenters. The van der Waals surface area contributed by atoms with Gasteiger partial charge in [-0.1, -0.05) is 6.07 Å². The van der Waals surface area contributed by atoms with E-state index < -0.39 is 0 Å². The van der Waals surface area contributed by atoms with Crippen molar-refractivity contribution in [2.75, 3.05) is 19.7 Å². The molecular formula is C16H19IN2O2S. The van der Waals surface area contributed by atoms with E-state index in [0.717, 1.165) is 20.1 Å². The summed E-state index contributed by atoms with van der Waals surface area (Å²) in [5, 5.41) is 0.793. The van der Waals surface area contributed by atoms with Crippen molar-refractivity contribution in [3.8, 4) is 5.75 Å². The quantitative estimate of drug-likeness (QED) is 0.524. The van der Waals surface area contributed by atoms with Gasteiger partial charge >= 0.3 is 0 Å². The fourth-order valence-corrected chi connectivity index (χ4v) is 3.87. The molecule has 0 unspecified atom stereocenters. The van der Waals surface area contributed by atoms with Crippen molar-refractivity contribution >= 4 is 51.5 Å². The van der Waals surface area contributed by atoms with Gasteiger partial charge in [0.25, 0.3) is 5.91 Å². The number of hydrogen-bond donors (Lipinski definition) is 0. The van der Waals surface area contributed by atoms with Crippen LogP contribution in [0.1, 0.15) is 26.3 Å². The van der Waals surface area contributed by atoms with E-state index >= 15 is 0 Å². The van der Waals surface area contributed by atoms with E-state index in [-0.39, 0.29) is 5.91 Å². The molecule has 0 radical (unpaired) electrons. The summed E-state index contributed by atoms with van der Waals surface area (Å²) in [7, 11) is 0. The van der Waals surface area contributed by atoms with Crippen LogP contribution in [0.2, 0.25) is 0 Å². The first kappa shape index (κ1) is 17.3. The maximum atomic E-state index is 12.4. The smallest absolute Gasteiger partial charge is 0.266 e. The predicted molar refractivity (Wildman–Crippen MR) is 101 cm³/mol. The van der Waals surface area contributed by atoms with Crippen molar-refractivity contribution < 1.29 is 9.53 Å². The van der Waals surface area contributed by atoms with Crippen molar-refractivity contribution in [3.05, 3.63) is 32.2 Å². The highest BCUT2D eigenvalue weighted by Gasteiger charge is 2.31. The van der Waals surface area contributed by atoms with Crippen LogP contribution in [0, 0.1) is 3.57 Å². The Kier molecular flexibility index (Phi) is 6.31. The SMILES string of the molecule is CCN=C1S/C(=C/c2ccc(OCC)c(I)c2)C(=O)N1CC. The maximum absolute atomic E-state index is 12.4. The first-order chi connectivity index (χ1) is 10.6. The lowest BCUT2D eigenvalue weighted by molar-refractivity contribution is -0.122. The van der Waals surface area contributed by atoms with E-state index in [1.165, 1.54) is 11.8 Å². The minimum Gasteiger partial charge on any atom is -0.493 e. The van der Waals surface area contributed by atoms with Crippen LogP contribution in [0.5, 0.6) is 5.75 Å². The van der Waals surface area contributed by atoms with Crippen LogP contribution in [0.4, 0.5) is 0 Å². The van der Waals surface area contributed by atoms with E-state index in [1.807, 2.05) is 45.0 Å². The normalized spacial score (nSPS) is 18.5. The summed E-state index contributed by atoms with van der Waals surface area (Å²) in [6.45, 7) is 7.87. The van der Waals surface area contributed by atoms with Crippen molar-refractivity contribution in [1.29, 1.82) is 0 Å².